The minimum atomic E-state index is -0.175. The van der Waals surface area contributed by atoms with E-state index in [1.54, 1.807) is 6.08 Å². The van der Waals surface area contributed by atoms with Crippen LogP contribution in [-0.2, 0) is 11.2 Å². The van der Waals surface area contributed by atoms with Crippen molar-refractivity contribution in [3.8, 4) is 11.4 Å². The van der Waals surface area contributed by atoms with Crippen molar-refractivity contribution in [1.82, 2.24) is 9.78 Å². The first-order valence-corrected chi connectivity index (χ1v) is 8.98. The highest BCUT2D eigenvalue weighted by molar-refractivity contribution is 6.02. The van der Waals surface area contributed by atoms with Crippen molar-refractivity contribution in [3.05, 3.63) is 77.1 Å². The van der Waals surface area contributed by atoms with Gasteiger partial charge in [-0.3, -0.25) is 4.79 Å². The molecule has 1 aliphatic heterocycles. The minimum Gasteiger partial charge on any atom is -0.493 e. The van der Waals surface area contributed by atoms with Crippen LogP contribution in [0.4, 0.5) is 5.69 Å². The molecule has 1 N–H and O–H groups in total. The monoisotopic (exact) mass is 359 g/mol. The van der Waals surface area contributed by atoms with Crippen LogP contribution in [0.1, 0.15) is 22.5 Å². The maximum absolute atomic E-state index is 12.4. The number of amides is 1. The zero-order valence-electron chi connectivity index (χ0n) is 15.4. The number of carbonyl (C=O) groups excluding carboxylic acids is 1. The number of nitrogens with zero attached hydrogens (tertiary/aromatic N) is 2. The van der Waals surface area contributed by atoms with E-state index >= 15 is 0 Å². The lowest BCUT2D eigenvalue weighted by Gasteiger charge is -2.05. The summed E-state index contributed by atoms with van der Waals surface area (Å²) in [7, 11) is 0. The Bertz CT molecular complexity index is 1020. The Balaban J connectivity index is 1.51. The Morgan fingerprint density at radius 1 is 1.19 bits per heavy atom. The molecule has 4 rings (SSSR count). The summed E-state index contributed by atoms with van der Waals surface area (Å²) in [6.45, 7) is 4.58. The van der Waals surface area contributed by atoms with Crippen molar-refractivity contribution in [2.45, 2.75) is 20.3 Å². The number of aryl methyl sites for hydroxylation is 1. The van der Waals surface area contributed by atoms with Crippen molar-refractivity contribution in [2.75, 3.05) is 11.9 Å². The number of carbonyl (C=O) groups is 1. The molecule has 27 heavy (non-hydrogen) atoms. The topological polar surface area (TPSA) is 56.2 Å². The van der Waals surface area contributed by atoms with E-state index in [-0.39, 0.29) is 5.91 Å². The molecule has 0 fully saturated rings. The van der Waals surface area contributed by atoms with E-state index in [1.165, 1.54) is 5.56 Å². The highest BCUT2D eigenvalue weighted by Crippen LogP contribution is 2.26. The lowest BCUT2D eigenvalue weighted by molar-refractivity contribution is -0.111. The van der Waals surface area contributed by atoms with Gasteiger partial charge in [-0.1, -0.05) is 24.3 Å². The van der Waals surface area contributed by atoms with Gasteiger partial charge in [-0.2, -0.15) is 5.10 Å². The van der Waals surface area contributed by atoms with Gasteiger partial charge in [0.2, 0.25) is 5.91 Å². The summed E-state index contributed by atoms with van der Waals surface area (Å²) in [4.78, 5) is 12.4. The maximum Gasteiger partial charge on any atom is 0.248 e. The number of rotatable bonds is 4. The number of aromatic nitrogens is 2. The van der Waals surface area contributed by atoms with Gasteiger partial charge in [0.15, 0.2) is 0 Å². The van der Waals surface area contributed by atoms with Gasteiger partial charge in [0.1, 0.15) is 5.75 Å². The van der Waals surface area contributed by atoms with Crippen molar-refractivity contribution in [1.29, 1.82) is 0 Å². The molecule has 0 bridgehead atoms. The summed E-state index contributed by atoms with van der Waals surface area (Å²) < 4.78 is 7.35. The van der Waals surface area contributed by atoms with Gasteiger partial charge in [-0.05, 0) is 55.3 Å². The molecule has 2 aromatic carbocycles. The fraction of sp³-hybridized carbons (Fsp3) is 0.182. The second kappa shape index (κ2) is 7.11. The molecule has 0 unspecified atom stereocenters. The van der Waals surface area contributed by atoms with Gasteiger partial charge in [-0.25, -0.2) is 4.68 Å². The van der Waals surface area contributed by atoms with Gasteiger partial charge in [0.25, 0.3) is 0 Å². The molecule has 0 aliphatic carbocycles. The average molecular weight is 359 g/mol. The number of ether oxygens (including phenoxy) is 1. The third-order valence-electron chi connectivity index (χ3n) is 4.68. The molecule has 136 valence electrons. The Hall–Kier alpha value is -3.34. The molecule has 0 radical (unpaired) electrons. The van der Waals surface area contributed by atoms with E-state index in [4.69, 9.17) is 4.74 Å². The predicted octanol–water partition coefficient (Wildman–Crippen LogP) is 4.08. The SMILES string of the molecule is Cc1nn(-c2ccccc2)c(C)c1NC(=O)/C=C/c1ccc2c(c1)CCO2. The Labute approximate surface area is 158 Å². The predicted molar refractivity (Wildman–Crippen MR) is 106 cm³/mol. The molecular formula is C22H21N3O2. The number of fused-ring (bicyclic) bond motifs is 1. The summed E-state index contributed by atoms with van der Waals surface area (Å²) in [5.41, 5.74) is 5.57. The number of benzene rings is 2. The fourth-order valence-electron chi connectivity index (χ4n) is 3.29. The van der Waals surface area contributed by atoms with E-state index in [2.05, 4.69) is 16.5 Å². The molecule has 0 atom stereocenters. The molecule has 5 heteroatoms. The van der Waals surface area contributed by atoms with Gasteiger partial charge in [0.05, 0.1) is 29.4 Å². The molecule has 0 saturated heterocycles. The highest BCUT2D eigenvalue weighted by Gasteiger charge is 2.14. The van der Waals surface area contributed by atoms with E-state index in [0.29, 0.717) is 0 Å². The van der Waals surface area contributed by atoms with Crippen LogP contribution in [0.3, 0.4) is 0 Å². The first-order valence-electron chi connectivity index (χ1n) is 8.98. The average Bonchev–Trinajstić information content (AvgIpc) is 3.26. The zero-order chi connectivity index (χ0) is 18.8. The van der Waals surface area contributed by atoms with Crippen LogP contribution >= 0.6 is 0 Å². The van der Waals surface area contributed by atoms with E-state index < -0.39 is 0 Å². The molecular weight excluding hydrogens is 338 g/mol. The molecule has 1 aromatic heterocycles. The quantitative estimate of drug-likeness (QED) is 0.714. The lowest BCUT2D eigenvalue weighted by atomic mass is 10.1. The van der Waals surface area contributed by atoms with Gasteiger partial charge < -0.3 is 10.1 Å². The number of para-hydroxylation sites is 1. The number of nitrogens with one attached hydrogen (secondary N) is 1. The molecule has 5 nitrogen and oxygen atoms in total. The van der Waals surface area contributed by atoms with Gasteiger partial charge >= 0.3 is 0 Å². The normalized spacial score (nSPS) is 12.8. The first kappa shape index (κ1) is 17.1. The van der Waals surface area contributed by atoms with E-state index in [1.807, 2.05) is 67.1 Å². The highest BCUT2D eigenvalue weighted by atomic mass is 16.5. The third kappa shape index (κ3) is 3.49. The number of hydrogen-bond acceptors (Lipinski definition) is 3. The van der Waals surface area contributed by atoms with Crippen molar-refractivity contribution in [3.63, 3.8) is 0 Å². The van der Waals surface area contributed by atoms with Crippen LogP contribution in [0.2, 0.25) is 0 Å². The smallest absolute Gasteiger partial charge is 0.248 e. The first-order chi connectivity index (χ1) is 13.1. The second-order valence-corrected chi connectivity index (χ2v) is 6.58. The third-order valence-corrected chi connectivity index (χ3v) is 4.68. The standard InChI is InChI=1S/C22H21N3O2/c1-15-22(16(2)25(24-15)19-6-4-3-5-7-19)23-21(26)11-9-17-8-10-20-18(14-17)12-13-27-20/h3-11,14H,12-13H2,1-2H3,(H,23,26)/b11-9+. The Morgan fingerprint density at radius 2 is 2.00 bits per heavy atom. The molecule has 0 spiro atoms. The van der Waals surface area contributed by atoms with Crippen LogP contribution in [0.25, 0.3) is 11.8 Å². The fourth-order valence-corrected chi connectivity index (χ4v) is 3.29. The summed E-state index contributed by atoms with van der Waals surface area (Å²) in [5, 5.41) is 7.51. The summed E-state index contributed by atoms with van der Waals surface area (Å²) >= 11 is 0. The molecule has 0 saturated carbocycles. The van der Waals surface area contributed by atoms with Gasteiger partial charge in [-0.15, -0.1) is 0 Å². The van der Waals surface area contributed by atoms with Crippen molar-refractivity contribution >= 4 is 17.7 Å². The Kier molecular flexibility index (Phi) is 4.50. The summed E-state index contributed by atoms with van der Waals surface area (Å²) in [6, 6.07) is 15.9. The summed E-state index contributed by atoms with van der Waals surface area (Å²) in [6.07, 6.45) is 4.29. The van der Waals surface area contributed by atoms with Crippen LogP contribution in [-0.4, -0.2) is 22.3 Å². The van der Waals surface area contributed by atoms with Crippen LogP contribution < -0.4 is 10.1 Å². The largest absolute Gasteiger partial charge is 0.493 e. The second-order valence-electron chi connectivity index (χ2n) is 6.58. The maximum atomic E-state index is 12.4. The summed E-state index contributed by atoms with van der Waals surface area (Å²) in [5.74, 6) is 0.765. The number of anilines is 1. The van der Waals surface area contributed by atoms with E-state index in [0.717, 1.165) is 47.1 Å². The van der Waals surface area contributed by atoms with Crippen molar-refractivity contribution < 1.29 is 9.53 Å². The van der Waals surface area contributed by atoms with Crippen LogP contribution in [0, 0.1) is 13.8 Å². The lowest BCUT2D eigenvalue weighted by Crippen LogP contribution is -2.09. The minimum absolute atomic E-state index is 0.175. The molecule has 1 aliphatic rings. The van der Waals surface area contributed by atoms with Crippen LogP contribution in [0.15, 0.2) is 54.6 Å². The van der Waals surface area contributed by atoms with Crippen molar-refractivity contribution in [2.24, 2.45) is 0 Å². The molecule has 3 aromatic rings. The zero-order valence-corrected chi connectivity index (χ0v) is 15.4. The number of hydrogen-bond donors (Lipinski definition) is 1. The molecule has 1 amide bonds. The Morgan fingerprint density at radius 3 is 2.81 bits per heavy atom. The van der Waals surface area contributed by atoms with Crippen LogP contribution in [0.5, 0.6) is 5.75 Å². The van der Waals surface area contributed by atoms with E-state index in [9.17, 15) is 4.79 Å². The van der Waals surface area contributed by atoms with Gasteiger partial charge in [0, 0.05) is 12.5 Å². The molecule has 2 heterocycles.